The molecule has 0 amide bonds. The summed E-state index contributed by atoms with van der Waals surface area (Å²) in [7, 11) is 0. The van der Waals surface area contributed by atoms with Crippen LogP contribution in [0.5, 0.6) is 0 Å². The Hall–Kier alpha value is -0.740. The summed E-state index contributed by atoms with van der Waals surface area (Å²) < 4.78 is 29.1. The molecule has 3 fully saturated rings. The monoisotopic (exact) mass is 438 g/mol. The van der Waals surface area contributed by atoms with Gasteiger partial charge in [0.15, 0.2) is 0 Å². The molecule has 3 aliphatic carbocycles. The number of rotatable bonds is 5. The molecule has 6 atom stereocenters. The van der Waals surface area contributed by atoms with Crippen LogP contribution in [0.15, 0.2) is 23.3 Å². The van der Waals surface area contributed by atoms with E-state index in [1.807, 2.05) is 0 Å². The van der Waals surface area contributed by atoms with Gasteiger partial charge in [-0.05, 0) is 81.0 Å². The lowest BCUT2D eigenvalue weighted by molar-refractivity contribution is -0.108. The predicted octanol–water partition coefficient (Wildman–Crippen LogP) is 7.06. The van der Waals surface area contributed by atoms with Gasteiger partial charge in [0.2, 0.25) is 0 Å². The number of hydrogen-bond donors (Lipinski definition) is 2. The van der Waals surface area contributed by atoms with Gasteiger partial charge in [0, 0.05) is 11.8 Å². The lowest BCUT2D eigenvalue weighted by Crippen LogP contribution is -2.38. The number of allylic oxidation sites excluding steroid dienone is 3. The second-order valence-corrected chi connectivity index (χ2v) is 12.1. The van der Waals surface area contributed by atoms with E-state index in [0.29, 0.717) is 43.4 Å². The molecule has 3 aliphatic rings. The number of fused-ring (bicyclic) bond motifs is 1. The highest BCUT2D eigenvalue weighted by Gasteiger charge is 2.51. The molecule has 0 bridgehead atoms. The summed E-state index contributed by atoms with van der Waals surface area (Å²) in [5, 5.41) is 19.9. The zero-order valence-corrected chi connectivity index (χ0v) is 20.3. The van der Waals surface area contributed by atoms with E-state index < -0.39 is 23.5 Å². The summed E-state index contributed by atoms with van der Waals surface area (Å²) in [4.78, 5) is 0. The summed E-state index contributed by atoms with van der Waals surface area (Å²) in [5.74, 6) is -1.28. The van der Waals surface area contributed by atoms with Crippen LogP contribution in [0.2, 0.25) is 0 Å². The molecule has 0 aromatic carbocycles. The van der Waals surface area contributed by atoms with E-state index in [4.69, 9.17) is 0 Å². The Morgan fingerprint density at radius 2 is 1.74 bits per heavy atom. The molecule has 3 saturated carbocycles. The van der Waals surface area contributed by atoms with Crippen LogP contribution in [0, 0.1) is 28.6 Å². The Morgan fingerprint density at radius 3 is 2.35 bits per heavy atom. The van der Waals surface area contributed by atoms with Gasteiger partial charge < -0.3 is 10.2 Å². The lowest BCUT2D eigenvalue weighted by Gasteiger charge is -2.44. The SMILES string of the molecule is C[C@H](CCC(F)(F)C(C)(C)C)C1CCC2/C(=C/C=C3C[C@@H](O)C[C@H](O)C3)CCC[C@@]21C. The van der Waals surface area contributed by atoms with Crippen molar-refractivity contribution in [2.45, 2.75) is 117 Å². The van der Waals surface area contributed by atoms with Crippen molar-refractivity contribution in [3.63, 3.8) is 0 Å². The zero-order chi connectivity index (χ0) is 23.0. The van der Waals surface area contributed by atoms with Crippen LogP contribution in [-0.4, -0.2) is 28.3 Å². The maximum absolute atomic E-state index is 14.5. The van der Waals surface area contributed by atoms with E-state index in [1.165, 1.54) is 12.0 Å². The van der Waals surface area contributed by atoms with Gasteiger partial charge in [-0.25, -0.2) is 8.78 Å². The highest BCUT2D eigenvalue weighted by Crippen LogP contribution is 2.60. The number of alkyl halides is 2. The second kappa shape index (κ2) is 9.25. The third-order valence-electron chi connectivity index (χ3n) is 8.81. The van der Waals surface area contributed by atoms with E-state index >= 15 is 0 Å². The molecular formula is C27H44F2O2. The van der Waals surface area contributed by atoms with Crippen LogP contribution in [0.1, 0.15) is 98.8 Å². The molecule has 2 unspecified atom stereocenters. The largest absolute Gasteiger partial charge is 0.393 e. The van der Waals surface area contributed by atoms with Crippen LogP contribution >= 0.6 is 0 Å². The van der Waals surface area contributed by atoms with E-state index in [-0.39, 0.29) is 11.8 Å². The number of aliphatic hydroxyl groups excluding tert-OH is 2. The van der Waals surface area contributed by atoms with Gasteiger partial charge in [-0.1, -0.05) is 57.9 Å². The van der Waals surface area contributed by atoms with Gasteiger partial charge >= 0.3 is 0 Å². The topological polar surface area (TPSA) is 40.5 Å². The molecule has 2 nitrogen and oxygen atoms in total. The van der Waals surface area contributed by atoms with Gasteiger partial charge in [0.1, 0.15) is 0 Å². The third kappa shape index (κ3) is 5.43. The Kier molecular flexibility index (Phi) is 7.43. The lowest BCUT2D eigenvalue weighted by atomic mass is 9.60. The second-order valence-electron chi connectivity index (χ2n) is 12.1. The first kappa shape index (κ1) is 24.9. The Labute approximate surface area is 188 Å². The molecule has 0 aliphatic heterocycles. The zero-order valence-electron chi connectivity index (χ0n) is 20.3. The van der Waals surface area contributed by atoms with E-state index in [9.17, 15) is 19.0 Å². The smallest absolute Gasteiger partial charge is 0.252 e. The fourth-order valence-electron chi connectivity index (χ4n) is 6.73. The van der Waals surface area contributed by atoms with Crippen LogP contribution in [0.4, 0.5) is 8.78 Å². The molecule has 4 heteroatoms. The van der Waals surface area contributed by atoms with Crippen molar-refractivity contribution in [3.05, 3.63) is 23.3 Å². The highest BCUT2D eigenvalue weighted by molar-refractivity contribution is 5.26. The van der Waals surface area contributed by atoms with Gasteiger partial charge in [-0.2, -0.15) is 0 Å². The summed E-state index contributed by atoms with van der Waals surface area (Å²) >= 11 is 0. The first-order valence-electron chi connectivity index (χ1n) is 12.5. The van der Waals surface area contributed by atoms with E-state index in [1.54, 1.807) is 20.8 Å². The molecule has 0 spiro atoms. The van der Waals surface area contributed by atoms with Crippen molar-refractivity contribution in [2.75, 3.05) is 0 Å². The van der Waals surface area contributed by atoms with Crippen molar-refractivity contribution < 1.29 is 19.0 Å². The van der Waals surface area contributed by atoms with Crippen LogP contribution in [0.3, 0.4) is 0 Å². The quantitative estimate of drug-likeness (QED) is 0.482. The van der Waals surface area contributed by atoms with E-state index in [0.717, 1.165) is 31.3 Å². The van der Waals surface area contributed by atoms with E-state index in [2.05, 4.69) is 26.0 Å². The van der Waals surface area contributed by atoms with Crippen LogP contribution < -0.4 is 0 Å². The van der Waals surface area contributed by atoms with Crippen LogP contribution in [-0.2, 0) is 0 Å². The standard InChI is InChI=1S/C27H44F2O2/c1-18(12-14-27(28,29)25(2,3)4)23-10-11-24-20(7-6-13-26(23,24)5)9-8-19-15-21(30)17-22(31)16-19/h8-9,18,21-24,30-31H,6-7,10-17H2,1-5H3/b20-9+/t18-,21-,22-,23?,24?,26-/m1/s1. The van der Waals surface area contributed by atoms with Crippen LogP contribution in [0.25, 0.3) is 0 Å². The summed E-state index contributed by atoms with van der Waals surface area (Å²) in [6, 6.07) is 0. The van der Waals surface area contributed by atoms with Crippen molar-refractivity contribution in [1.82, 2.24) is 0 Å². The third-order valence-corrected chi connectivity index (χ3v) is 8.81. The number of halogens is 2. The normalized spacial score (nSPS) is 37.1. The molecule has 0 aromatic rings. The molecule has 178 valence electrons. The van der Waals surface area contributed by atoms with Gasteiger partial charge in [0.25, 0.3) is 5.92 Å². The average Bonchev–Trinajstić information content (AvgIpc) is 3.00. The minimum absolute atomic E-state index is 0.0195. The molecule has 0 heterocycles. The number of hydrogen-bond acceptors (Lipinski definition) is 2. The summed E-state index contributed by atoms with van der Waals surface area (Å²) in [6.07, 6.45) is 11.6. The molecule has 31 heavy (non-hydrogen) atoms. The Balaban J connectivity index is 1.69. The average molecular weight is 439 g/mol. The molecule has 2 N–H and O–H groups in total. The minimum atomic E-state index is -2.63. The Bertz CT molecular complexity index is 678. The number of aliphatic hydroxyl groups is 2. The highest BCUT2D eigenvalue weighted by atomic mass is 19.3. The fraction of sp³-hybridized carbons (Fsp3) is 0.852. The fourth-order valence-corrected chi connectivity index (χ4v) is 6.73. The molecule has 0 radical (unpaired) electrons. The molecule has 0 saturated heterocycles. The molecular weight excluding hydrogens is 394 g/mol. The Morgan fingerprint density at radius 1 is 1.10 bits per heavy atom. The maximum Gasteiger partial charge on any atom is 0.252 e. The maximum atomic E-state index is 14.5. The van der Waals surface area contributed by atoms with Crippen molar-refractivity contribution in [2.24, 2.45) is 28.6 Å². The van der Waals surface area contributed by atoms with Gasteiger partial charge in [-0.15, -0.1) is 0 Å². The van der Waals surface area contributed by atoms with Crippen molar-refractivity contribution >= 4 is 0 Å². The molecule has 0 aromatic heterocycles. The first-order valence-corrected chi connectivity index (χ1v) is 12.5. The summed E-state index contributed by atoms with van der Waals surface area (Å²) in [5.41, 5.74) is 1.84. The van der Waals surface area contributed by atoms with Crippen molar-refractivity contribution in [1.29, 1.82) is 0 Å². The van der Waals surface area contributed by atoms with Crippen molar-refractivity contribution in [3.8, 4) is 0 Å². The summed E-state index contributed by atoms with van der Waals surface area (Å²) in [6.45, 7) is 9.52. The predicted molar refractivity (Wildman–Crippen MR) is 123 cm³/mol. The minimum Gasteiger partial charge on any atom is -0.393 e. The molecule has 3 rings (SSSR count). The van der Waals surface area contributed by atoms with Gasteiger partial charge in [0.05, 0.1) is 12.2 Å². The first-order chi connectivity index (χ1) is 14.3. The van der Waals surface area contributed by atoms with Gasteiger partial charge in [-0.3, -0.25) is 0 Å².